The van der Waals surface area contributed by atoms with Crippen LogP contribution in [-0.2, 0) is 0 Å². The lowest BCUT2D eigenvalue weighted by atomic mass is 9.89. The molecule has 1 aromatic heterocycles. The average molecular weight is 556 g/mol. The van der Waals surface area contributed by atoms with E-state index in [1.807, 2.05) is 18.2 Å². The summed E-state index contributed by atoms with van der Waals surface area (Å²) in [5.41, 5.74) is 2.43. The van der Waals surface area contributed by atoms with Gasteiger partial charge in [-0.05, 0) is 73.2 Å². The Bertz CT molecular complexity index is 1300. The van der Waals surface area contributed by atoms with Gasteiger partial charge in [0, 0.05) is 55.2 Å². The van der Waals surface area contributed by atoms with Crippen molar-refractivity contribution >= 4 is 17.2 Å². The molecule has 40 heavy (non-hydrogen) atoms. The lowest BCUT2D eigenvalue weighted by Gasteiger charge is -2.40. The predicted octanol–water partition coefficient (Wildman–Crippen LogP) is 6.54. The van der Waals surface area contributed by atoms with Gasteiger partial charge in [-0.15, -0.1) is 13.2 Å². The molecule has 2 fully saturated rings. The minimum Gasteiger partial charge on any atom is -0.406 e. The van der Waals surface area contributed by atoms with E-state index in [0.717, 1.165) is 62.9 Å². The van der Waals surface area contributed by atoms with Crippen LogP contribution in [0.5, 0.6) is 5.75 Å². The molecule has 2 aromatic carbocycles. The maximum absolute atomic E-state index is 12.7. The van der Waals surface area contributed by atoms with E-state index in [9.17, 15) is 23.3 Å². The normalized spacial score (nSPS) is 21.6. The molecule has 0 amide bonds. The highest BCUT2D eigenvalue weighted by Crippen LogP contribution is 2.30. The number of hydrogen-bond donors (Lipinski definition) is 2. The van der Waals surface area contributed by atoms with Gasteiger partial charge in [-0.1, -0.05) is 25.0 Å². The summed E-state index contributed by atoms with van der Waals surface area (Å²) in [4.78, 5) is 17.4. The van der Waals surface area contributed by atoms with Crippen LogP contribution in [0.3, 0.4) is 0 Å². The number of nitro groups is 1. The van der Waals surface area contributed by atoms with E-state index in [1.165, 1.54) is 18.2 Å². The Morgan fingerprint density at radius 3 is 2.45 bits per heavy atom. The van der Waals surface area contributed by atoms with Crippen LogP contribution in [0.15, 0.2) is 66.9 Å². The second-order valence-corrected chi connectivity index (χ2v) is 10.4. The third-order valence-electron chi connectivity index (χ3n) is 7.56. The zero-order valence-corrected chi connectivity index (χ0v) is 21.9. The number of benzene rings is 2. The van der Waals surface area contributed by atoms with Crippen molar-refractivity contribution in [1.82, 2.24) is 10.3 Å². The van der Waals surface area contributed by atoms with Crippen LogP contribution in [0.4, 0.5) is 30.4 Å². The summed E-state index contributed by atoms with van der Waals surface area (Å²) in [5, 5.41) is 18.5. The number of piperidine rings is 1. The molecule has 1 aliphatic heterocycles. The van der Waals surface area contributed by atoms with Crippen LogP contribution in [0.2, 0.25) is 0 Å². The van der Waals surface area contributed by atoms with E-state index in [1.54, 1.807) is 30.5 Å². The Labute approximate surface area is 230 Å². The zero-order valence-electron chi connectivity index (χ0n) is 21.9. The van der Waals surface area contributed by atoms with E-state index in [2.05, 4.69) is 25.3 Å². The number of ether oxygens (including phenoxy) is 1. The highest BCUT2D eigenvalue weighted by atomic mass is 19.4. The van der Waals surface area contributed by atoms with Crippen molar-refractivity contribution in [1.29, 1.82) is 0 Å². The molecule has 3 aromatic rings. The number of non-ortho nitro benzene ring substituents is 1. The highest BCUT2D eigenvalue weighted by Gasteiger charge is 2.31. The largest absolute Gasteiger partial charge is 0.573 e. The van der Waals surface area contributed by atoms with Gasteiger partial charge in [0.25, 0.3) is 5.69 Å². The lowest BCUT2D eigenvalue weighted by Crippen LogP contribution is -2.54. The zero-order chi connectivity index (χ0) is 28.1. The summed E-state index contributed by atoms with van der Waals surface area (Å²) in [5.74, 6) is 0.414. The second-order valence-electron chi connectivity index (χ2n) is 10.4. The number of hydrogen-bond acceptors (Lipinski definition) is 7. The maximum atomic E-state index is 12.7. The molecule has 5 rings (SSSR count). The van der Waals surface area contributed by atoms with Crippen LogP contribution in [0.1, 0.15) is 38.5 Å². The topological polar surface area (TPSA) is 92.6 Å². The molecular weight excluding hydrogens is 523 g/mol. The van der Waals surface area contributed by atoms with E-state index in [4.69, 9.17) is 0 Å². The fourth-order valence-corrected chi connectivity index (χ4v) is 5.69. The molecule has 1 saturated carbocycles. The molecule has 2 N–H and O–H groups in total. The average Bonchev–Trinajstić information content (AvgIpc) is 2.94. The van der Waals surface area contributed by atoms with Gasteiger partial charge in [0.05, 0.1) is 4.92 Å². The van der Waals surface area contributed by atoms with Gasteiger partial charge in [-0.25, -0.2) is 4.98 Å². The van der Waals surface area contributed by atoms with Gasteiger partial charge in [0.15, 0.2) is 0 Å². The molecule has 1 aliphatic carbocycles. The molecule has 2 aliphatic rings. The summed E-state index contributed by atoms with van der Waals surface area (Å²) in [7, 11) is 0. The molecule has 1 unspecified atom stereocenters. The highest BCUT2D eigenvalue weighted by molar-refractivity contribution is 5.67. The number of alkyl halides is 3. The van der Waals surface area contributed by atoms with Crippen molar-refractivity contribution in [2.24, 2.45) is 0 Å². The fraction of sp³-hybridized carbons (Fsp3) is 0.414. The predicted molar refractivity (Wildman–Crippen MR) is 147 cm³/mol. The van der Waals surface area contributed by atoms with Crippen LogP contribution < -0.4 is 20.3 Å². The van der Waals surface area contributed by atoms with Gasteiger partial charge >= 0.3 is 6.36 Å². The number of nitrogens with zero attached hydrogens (tertiary/aromatic N) is 3. The standard InChI is InChI=1S/C29H32F3N5O3/c30-29(31,32)40-25-7-3-5-20(17-25)21-14-15-33-28(18-21)35-27-9-2-1-8-26(27)34-22-6-4-16-36(19-22)23-10-12-24(13-11-23)37(38)39/h3,5,7,10-15,17-18,22,26-27,34H,1-2,4,6,8-9,16,19H2,(H,33,35)/t22?,26-,27-/m1/s1. The van der Waals surface area contributed by atoms with Crippen LogP contribution in [0, 0.1) is 10.1 Å². The van der Waals surface area contributed by atoms with Crippen LogP contribution >= 0.6 is 0 Å². The first-order valence-electron chi connectivity index (χ1n) is 13.6. The van der Waals surface area contributed by atoms with Gasteiger partial charge in [-0.2, -0.15) is 0 Å². The van der Waals surface area contributed by atoms with Crippen LogP contribution in [-0.4, -0.2) is 47.5 Å². The number of pyridine rings is 1. The molecule has 3 atom stereocenters. The van der Waals surface area contributed by atoms with E-state index < -0.39 is 6.36 Å². The summed E-state index contributed by atoms with van der Waals surface area (Å²) < 4.78 is 42.1. The minimum atomic E-state index is -4.75. The van der Waals surface area contributed by atoms with Gasteiger partial charge in [0.1, 0.15) is 11.6 Å². The summed E-state index contributed by atoms with van der Waals surface area (Å²) >= 11 is 0. The van der Waals surface area contributed by atoms with Gasteiger partial charge < -0.3 is 20.3 Å². The van der Waals surface area contributed by atoms with Crippen molar-refractivity contribution in [3.63, 3.8) is 0 Å². The number of anilines is 2. The van der Waals surface area contributed by atoms with Crippen molar-refractivity contribution < 1.29 is 22.8 Å². The molecule has 2 heterocycles. The molecule has 212 valence electrons. The monoisotopic (exact) mass is 555 g/mol. The Balaban J connectivity index is 1.24. The third-order valence-corrected chi connectivity index (χ3v) is 7.56. The number of rotatable bonds is 8. The quantitative estimate of drug-likeness (QED) is 0.241. The first-order valence-corrected chi connectivity index (χ1v) is 13.6. The molecular formula is C29H32F3N5O3. The minimum absolute atomic E-state index is 0.0894. The van der Waals surface area contributed by atoms with Gasteiger partial charge in [-0.3, -0.25) is 10.1 Å². The number of aromatic nitrogens is 1. The van der Waals surface area contributed by atoms with Crippen LogP contribution in [0.25, 0.3) is 11.1 Å². The van der Waals surface area contributed by atoms with E-state index >= 15 is 0 Å². The first kappa shape index (κ1) is 27.7. The Kier molecular flexibility index (Phi) is 8.39. The Morgan fingerprint density at radius 1 is 0.950 bits per heavy atom. The number of nitro benzene ring substituents is 1. The lowest BCUT2D eigenvalue weighted by molar-refractivity contribution is -0.384. The molecule has 8 nitrogen and oxygen atoms in total. The summed E-state index contributed by atoms with van der Waals surface area (Å²) in [6.45, 7) is 1.74. The summed E-state index contributed by atoms with van der Waals surface area (Å²) in [6.07, 6.45) is 3.24. The SMILES string of the molecule is O=[N+]([O-])c1ccc(N2CCCC(N[C@@H]3CCCC[C@H]3Nc3cc(-c4cccc(OC(F)(F)F)c4)ccn3)C2)cc1. The molecule has 0 radical (unpaired) electrons. The van der Waals surface area contributed by atoms with E-state index in [-0.39, 0.29) is 34.5 Å². The maximum Gasteiger partial charge on any atom is 0.573 e. The van der Waals surface area contributed by atoms with Crippen molar-refractivity contribution in [3.8, 4) is 16.9 Å². The smallest absolute Gasteiger partial charge is 0.406 e. The number of halogens is 3. The van der Waals surface area contributed by atoms with Crippen molar-refractivity contribution in [2.45, 2.75) is 63.0 Å². The molecule has 1 saturated heterocycles. The van der Waals surface area contributed by atoms with Crippen molar-refractivity contribution in [2.75, 3.05) is 23.3 Å². The summed E-state index contributed by atoms with van der Waals surface area (Å²) in [6, 6.07) is 17.0. The van der Waals surface area contributed by atoms with E-state index in [0.29, 0.717) is 11.4 Å². The Hall–Kier alpha value is -3.86. The second kappa shape index (κ2) is 12.1. The fourth-order valence-electron chi connectivity index (χ4n) is 5.69. The Morgan fingerprint density at radius 2 is 1.70 bits per heavy atom. The van der Waals surface area contributed by atoms with Gasteiger partial charge in [0.2, 0.25) is 0 Å². The molecule has 11 heteroatoms. The van der Waals surface area contributed by atoms with Crippen molar-refractivity contribution in [3.05, 3.63) is 77.0 Å². The molecule has 0 spiro atoms. The number of nitrogens with one attached hydrogen (secondary N) is 2. The first-order chi connectivity index (χ1) is 19.2. The molecule has 0 bridgehead atoms. The third kappa shape index (κ3) is 7.20.